The molecule has 2 N–H and O–H groups in total. The molecule has 3 rings (SSSR count). The molecular formula is C16H18N2O2S. The Bertz CT molecular complexity index is 771. The van der Waals surface area contributed by atoms with Gasteiger partial charge in [-0.2, -0.15) is 0 Å². The summed E-state index contributed by atoms with van der Waals surface area (Å²) in [5, 5.41) is 0. The lowest BCUT2D eigenvalue weighted by Gasteiger charge is -2.20. The van der Waals surface area contributed by atoms with Gasteiger partial charge in [-0.15, -0.1) is 0 Å². The topological polar surface area (TPSA) is 73.0 Å². The molecular weight excluding hydrogens is 284 g/mol. The molecule has 1 heterocycles. The molecule has 2 aromatic rings. The number of nitrogens with zero attached hydrogens (tertiary/aromatic N) is 1. The van der Waals surface area contributed by atoms with Gasteiger partial charge in [-0.05, 0) is 42.2 Å². The average Bonchev–Trinajstić information content (AvgIpc) is 2.90. The van der Waals surface area contributed by atoms with Crippen molar-refractivity contribution in [3.8, 4) is 0 Å². The van der Waals surface area contributed by atoms with E-state index in [1.165, 1.54) is 11.8 Å². The van der Waals surface area contributed by atoms with Gasteiger partial charge in [-0.1, -0.05) is 18.2 Å². The van der Waals surface area contributed by atoms with E-state index in [0.717, 1.165) is 24.1 Å². The van der Waals surface area contributed by atoms with Crippen molar-refractivity contribution < 1.29 is 8.42 Å². The Labute approximate surface area is 124 Å². The minimum atomic E-state index is -3.21. The molecule has 5 heteroatoms. The second-order valence-corrected chi connectivity index (χ2v) is 7.58. The SMILES string of the molecule is CS(=O)(=O)c1cccc(C(N)C2CCc3cccnc32)c1. The molecule has 0 fully saturated rings. The molecule has 0 radical (unpaired) electrons. The standard InChI is InChI=1S/C16H18N2O2S/c1-21(19,20)13-6-2-4-12(10-13)15(17)14-8-7-11-5-3-9-18-16(11)14/h2-6,9-10,14-15H,7-8,17H2,1H3. The molecule has 0 spiro atoms. The minimum Gasteiger partial charge on any atom is -0.323 e. The minimum absolute atomic E-state index is 0.149. The van der Waals surface area contributed by atoms with Crippen LogP contribution in [0.1, 0.15) is 35.2 Å². The van der Waals surface area contributed by atoms with E-state index in [1.807, 2.05) is 12.1 Å². The Balaban J connectivity index is 1.95. The summed E-state index contributed by atoms with van der Waals surface area (Å²) in [6, 6.07) is 10.7. The van der Waals surface area contributed by atoms with Gasteiger partial charge in [0.2, 0.25) is 0 Å². The van der Waals surface area contributed by atoms with Gasteiger partial charge >= 0.3 is 0 Å². The van der Waals surface area contributed by atoms with Gasteiger partial charge in [0.15, 0.2) is 9.84 Å². The first kappa shape index (κ1) is 14.2. The molecule has 0 bridgehead atoms. The smallest absolute Gasteiger partial charge is 0.175 e. The van der Waals surface area contributed by atoms with Crippen LogP contribution in [0.5, 0.6) is 0 Å². The fraction of sp³-hybridized carbons (Fsp3) is 0.312. The van der Waals surface area contributed by atoms with Gasteiger partial charge in [-0.25, -0.2) is 8.42 Å². The summed E-state index contributed by atoms with van der Waals surface area (Å²) in [5.74, 6) is 0.149. The predicted molar refractivity (Wildman–Crippen MR) is 81.8 cm³/mol. The summed E-state index contributed by atoms with van der Waals surface area (Å²) in [5.41, 5.74) is 9.54. The molecule has 2 atom stereocenters. The highest BCUT2D eigenvalue weighted by atomic mass is 32.2. The van der Waals surface area contributed by atoms with E-state index >= 15 is 0 Å². The maximum atomic E-state index is 11.7. The summed E-state index contributed by atoms with van der Waals surface area (Å²) in [6.45, 7) is 0. The number of aromatic nitrogens is 1. The third kappa shape index (κ3) is 2.71. The third-order valence-electron chi connectivity index (χ3n) is 4.11. The molecule has 4 nitrogen and oxygen atoms in total. The lowest BCUT2D eigenvalue weighted by molar-refractivity contribution is 0.540. The number of rotatable bonds is 3. The van der Waals surface area contributed by atoms with Crippen molar-refractivity contribution in [1.29, 1.82) is 0 Å². The molecule has 0 aliphatic heterocycles. The first-order valence-electron chi connectivity index (χ1n) is 6.96. The molecule has 0 saturated carbocycles. The first-order chi connectivity index (χ1) is 9.97. The van der Waals surface area contributed by atoms with Crippen molar-refractivity contribution in [1.82, 2.24) is 4.98 Å². The molecule has 1 aliphatic carbocycles. The highest BCUT2D eigenvalue weighted by Crippen LogP contribution is 2.39. The van der Waals surface area contributed by atoms with E-state index in [-0.39, 0.29) is 12.0 Å². The number of aryl methyl sites for hydroxylation is 1. The molecule has 110 valence electrons. The average molecular weight is 302 g/mol. The highest BCUT2D eigenvalue weighted by molar-refractivity contribution is 7.90. The zero-order valence-electron chi connectivity index (χ0n) is 11.9. The Morgan fingerprint density at radius 2 is 2.10 bits per heavy atom. The maximum absolute atomic E-state index is 11.7. The van der Waals surface area contributed by atoms with Gasteiger partial charge in [0, 0.05) is 30.1 Å². The van der Waals surface area contributed by atoms with Gasteiger partial charge in [0.25, 0.3) is 0 Å². The molecule has 1 aliphatic rings. The lowest BCUT2D eigenvalue weighted by Crippen LogP contribution is -2.19. The molecule has 21 heavy (non-hydrogen) atoms. The van der Waals surface area contributed by atoms with Gasteiger partial charge in [0.1, 0.15) is 0 Å². The molecule has 1 aromatic heterocycles. The molecule has 0 saturated heterocycles. The number of hydrogen-bond acceptors (Lipinski definition) is 4. The highest BCUT2D eigenvalue weighted by Gasteiger charge is 2.30. The predicted octanol–water partition coefficient (Wildman–Crippen LogP) is 2.21. The van der Waals surface area contributed by atoms with Crippen molar-refractivity contribution in [2.45, 2.75) is 29.7 Å². The fourth-order valence-electron chi connectivity index (χ4n) is 2.98. The Hall–Kier alpha value is -1.72. The summed E-state index contributed by atoms with van der Waals surface area (Å²) in [6.07, 6.45) is 4.94. The van der Waals surface area contributed by atoms with Gasteiger partial charge in [0.05, 0.1) is 4.90 Å². The van der Waals surface area contributed by atoms with E-state index in [4.69, 9.17) is 5.73 Å². The van der Waals surface area contributed by atoms with Gasteiger partial charge in [-0.3, -0.25) is 4.98 Å². The Kier molecular flexibility index (Phi) is 3.55. The fourth-order valence-corrected chi connectivity index (χ4v) is 3.65. The van der Waals surface area contributed by atoms with Crippen LogP contribution in [0.2, 0.25) is 0 Å². The van der Waals surface area contributed by atoms with Crippen LogP contribution < -0.4 is 5.73 Å². The number of pyridine rings is 1. The molecule has 2 unspecified atom stereocenters. The van der Waals surface area contributed by atoms with E-state index in [1.54, 1.807) is 24.4 Å². The number of fused-ring (bicyclic) bond motifs is 1. The number of nitrogens with two attached hydrogens (primary N) is 1. The number of sulfone groups is 1. The summed E-state index contributed by atoms with van der Waals surface area (Å²) < 4.78 is 23.3. The van der Waals surface area contributed by atoms with Crippen molar-refractivity contribution in [2.24, 2.45) is 5.73 Å². The molecule has 0 amide bonds. The van der Waals surface area contributed by atoms with Crippen LogP contribution in [0.15, 0.2) is 47.5 Å². The van der Waals surface area contributed by atoms with Crippen LogP contribution >= 0.6 is 0 Å². The first-order valence-corrected chi connectivity index (χ1v) is 8.85. The Morgan fingerprint density at radius 1 is 1.29 bits per heavy atom. The summed E-state index contributed by atoms with van der Waals surface area (Å²) in [7, 11) is -3.21. The van der Waals surface area contributed by atoms with Crippen LogP contribution in [0.4, 0.5) is 0 Å². The second-order valence-electron chi connectivity index (χ2n) is 5.56. The zero-order valence-corrected chi connectivity index (χ0v) is 12.7. The van der Waals surface area contributed by atoms with Crippen LogP contribution in [0, 0.1) is 0 Å². The van der Waals surface area contributed by atoms with Crippen LogP contribution in [0.3, 0.4) is 0 Å². The van der Waals surface area contributed by atoms with Crippen LogP contribution in [-0.2, 0) is 16.3 Å². The second kappa shape index (κ2) is 5.24. The number of benzene rings is 1. The summed E-state index contributed by atoms with van der Waals surface area (Å²) >= 11 is 0. The third-order valence-corrected chi connectivity index (χ3v) is 5.22. The van der Waals surface area contributed by atoms with E-state index in [2.05, 4.69) is 11.1 Å². The van der Waals surface area contributed by atoms with Crippen LogP contribution in [-0.4, -0.2) is 19.7 Å². The normalized spacial score (nSPS) is 19.2. The number of hydrogen-bond donors (Lipinski definition) is 1. The van der Waals surface area contributed by atoms with E-state index < -0.39 is 9.84 Å². The van der Waals surface area contributed by atoms with E-state index in [0.29, 0.717) is 4.90 Å². The zero-order chi connectivity index (χ0) is 15.0. The largest absolute Gasteiger partial charge is 0.323 e. The quantitative estimate of drug-likeness (QED) is 0.943. The van der Waals surface area contributed by atoms with Crippen molar-refractivity contribution >= 4 is 9.84 Å². The molecule has 1 aromatic carbocycles. The van der Waals surface area contributed by atoms with Gasteiger partial charge < -0.3 is 5.73 Å². The van der Waals surface area contributed by atoms with Crippen molar-refractivity contribution in [3.05, 3.63) is 59.4 Å². The monoisotopic (exact) mass is 302 g/mol. The maximum Gasteiger partial charge on any atom is 0.175 e. The van der Waals surface area contributed by atoms with E-state index in [9.17, 15) is 8.42 Å². The Morgan fingerprint density at radius 3 is 2.86 bits per heavy atom. The summed E-state index contributed by atoms with van der Waals surface area (Å²) in [4.78, 5) is 4.77. The van der Waals surface area contributed by atoms with Crippen molar-refractivity contribution in [2.75, 3.05) is 6.26 Å². The lowest BCUT2D eigenvalue weighted by atomic mass is 9.91. The van der Waals surface area contributed by atoms with Crippen molar-refractivity contribution in [3.63, 3.8) is 0 Å². The van der Waals surface area contributed by atoms with Crippen LogP contribution in [0.25, 0.3) is 0 Å².